The summed E-state index contributed by atoms with van der Waals surface area (Å²) in [5.74, 6) is 0.582. The average molecular weight is 348 g/mol. The topological polar surface area (TPSA) is 67.4 Å². The smallest absolute Gasteiger partial charge is 0.321 e. The van der Waals surface area contributed by atoms with E-state index in [-0.39, 0.29) is 12.1 Å². The van der Waals surface area contributed by atoms with Gasteiger partial charge < -0.3 is 15.0 Å². The Balaban J connectivity index is 1.36. The fourth-order valence-electron chi connectivity index (χ4n) is 3.22. The van der Waals surface area contributed by atoms with E-state index < -0.39 is 0 Å². The van der Waals surface area contributed by atoms with Gasteiger partial charge in [-0.25, -0.2) is 14.8 Å². The number of nitrogens with zero attached hydrogens (tertiary/aromatic N) is 3. The van der Waals surface area contributed by atoms with Crippen molar-refractivity contribution in [2.45, 2.75) is 18.9 Å². The van der Waals surface area contributed by atoms with E-state index in [4.69, 9.17) is 4.74 Å². The minimum atomic E-state index is -0.0677. The molecule has 1 fully saturated rings. The molecule has 6 nitrogen and oxygen atoms in total. The maximum atomic E-state index is 12.6. The van der Waals surface area contributed by atoms with Crippen LogP contribution in [0, 0.1) is 0 Å². The van der Waals surface area contributed by atoms with Crippen molar-refractivity contribution in [1.82, 2.24) is 14.9 Å². The largest absolute Gasteiger partial charge is 0.474 e. The van der Waals surface area contributed by atoms with Crippen molar-refractivity contribution >= 4 is 22.5 Å². The lowest BCUT2D eigenvalue weighted by Crippen LogP contribution is -2.43. The summed E-state index contributed by atoms with van der Waals surface area (Å²) < 4.78 is 5.85. The second-order valence-corrected chi connectivity index (χ2v) is 6.31. The zero-order valence-electron chi connectivity index (χ0n) is 14.3. The third kappa shape index (κ3) is 3.59. The van der Waals surface area contributed by atoms with Gasteiger partial charge in [0.1, 0.15) is 12.4 Å². The van der Waals surface area contributed by atoms with Gasteiger partial charge in [-0.05, 0) is 11.5 Å². The standard InChI is InChI=1S/C20H20N4O2/c25-20(23-18-7-3-5-15-4-1-2-6-17(15)18)24-12-9-16(10-13-24)26-19-8-11-21-14-22-19/h1-8,11,14,16H,9-10,12-13H2,(H,23,25). The van der Waals surface area contributed by atoms with E-state index in [1.807, 2.05) is 47.4 Å². The van der Waals surface area contributed by atoms with Crippen molar-refractivity contribution in [1.29, 1.82) is 0 Å². The minimum absolute atomic E-state index is 0.0677. The Morgan fingerprint density at radius 2 is 1.88 bits per heavy atom. The predicted molar refractivity (Wildman–Crippen MR) is 100 cm³/mol. The van der Waals surface area contributed by atoms with Crippen molar-refractivity contribution in [3.8, 4) is 5.88 Å². The molecule has 0 spiro atoms. The maximum absolute atomic E-state index is 12.6. The van der Waals surface area contributed by atoms with E-state index in [2.05, 4.69) is 15.3 Å². The van der Waals surface area contributed by atoms with Gasteiger partial charge in [0, 0.05) is 43.6 Å². The summed E-state index contributed by atoms with van der Waals surface area (Å²) in [4.78, 5) is 22.4. The molecular formula is C20H20N4O2. The molecule has 1 aliphatic heterocycles. The van der Waals surface area contributed by atoms with Gasteiger partial charge in [0.15, 0.2) is 0 Å². The highest BCUT2D eigenvalue weighted by Crippen LogP contribution is 2.24. The Labute approximate surface area is 151 Å². The summed E-state index contributed by atoms with van der Waals surface area (Å²) in [5, 5.41) is 5.20. The number of benzene rings is 2. The van der Waals surface area contributed by atoms with Crippen LogP contribution in [-0.2, 0) is 0 Å². The number of aromatic nitrogens is 2. The van der Waals surface area contributed by atoms with Crippen LogP contribution in [0.25, 0.3) is 10.8 Å². The van der Waals surface area contributed by atoms with Crippen LogP contribution < -0.4 is 10.1 Å². The van der Waals surface area contributed by atoms with Crippen molar-refractivity contribution in [2.75, 3.05) is 18.4 Å². The predicted octanol–water partition coefficient (Wildman–Crippen LogP) is 3.71. The second-order valence-electron chi connectivity index (χ2n) is 6.31. The van der Waals surface area contributed by atoms with Crippen molar-refractivity contribution in [3.63, 3.8) is 0 Å². The number of carbonyl (C=O) groups is 1. The maximum Gasteiger partial charge on any atom is 0.321 e. The number of carbonyl (C=O) groups excluding carboxylic acids is 1. The highest BCUT2D eigenvalue weighted by molar-refractivity contribution is 6.01. The van der Waals surface area contributed by atoms with Crippen molar-refractivity contribution in [3.05, 3.63) is 61.1 Å². The Morgan fingerprint density at radius 1 is 1.08 bits per heavy atom. The molecule has 3 aromatic rings. The molecule has 26 heavy (non-hydrogen) atoms. The lowest BCUT2D eigenvalue weighted by atomic mass is 10.1. The van der Waals surface area contributed by atoms with Crippen LogP contribution in [0.3, 0.4) is 0 Å². The number of likely N-dealkylation sites (tertiary alicyclic amines) is 1. The van der Waals surface area contributed by atoms with Crippen molar-refractivity contribution in [2.24, 2.45) is 0 Å². The molecule has 6 heteroatoms. The van der Waals surface area contributed by atoms with E-state index >= 15 is 0 Å². The SMILES string of the molecule is O=C(Nc1cccc2ccccc12)N1CCC(Oc2ccncn2)CC1. The van der Waals surface area contributed by atoms with Crippen LogP contribution in [0.5, 0.6) is 5.88 Å². The Kier molecular flexibility index (Phi) is 4.64. The summed E-state index contributed by atoms with van der Waals surface area (Å²) in [7, 11) is 0. The van der Waals surface area contributed by atoms with Crippen LogP contribution in [-0.4, -0.2) is 40.1 Å². The summed E-state index contributed by atoms with van der Waals surface area (Å²) in [6.45, 7) is 1.32. The number of nitrogens with one attached hydrogen (secondary N) is 1. The second kappa shape index (κ2) is 7.39. The molecule has 1 saturated heterocycles. The number of ether oxygens (including phenoxy) is 1. The van der Waals surface area contributed by atoms with Gasteiger partial charge in [-0.3, -0.25) is 0 Å². The first-order chi connectivity index (χ1) is 12.8. The van der Waals surface area contributed by atoms with Gasteiger partial charge in [-0.1, -0.05) is 36.4 Å². The molecule has 0 bridgehead atoms. The summed E-state index contributed by atoms with van der Waals surface area (Å²) in [6.07, 6.45) is 4.78. The molecule has 1 aromatic heterocycles. The van der Waals surface area contributed by atoms with E-state index in [1.54, 1.807) is 12.3 Å². The van der Waals surface area contributed by atoms with Crippen LogP contribution in [0.4, 0.5) is 10.5 Å². The van der Waals surface area contributed by atoms with E-state index in [0.29, 0.717) is 19.0 Å². The summed E-state index contributed by atoms with van der Waals surface area (Å²) in [5.41, 5.74) is 0.840. The van der Waals surface area contributed by atoms with Gasteiger partial charge in [0.05, 0.1) is 5.69 Å². The zero-order valence-corrected chi connectivity index (χ0v) is 14.3. The molecule has 2 amide bonds. The first-order valence-electron chi connectivity index (χ1n) is 8.76. The molecule has 0 aliphatic carbocycles. The number of hydrogen-bond donors (Lipinski definition) is 1. The van der Waals surface area contributed by atoms with Crippen LogP contribution in [0.1, 0.15) is 12.8 Å². The summed E-state index contributed by atoms with van der Waals surface area (Å²) >= 11 is 0. The molecule has 0 atom stereocenters. The fraction of sp³-hybridized carbons (Fsp3) is 0.250. The highest BCUT2D eigenvalue weighted by atomic mass is 16.5. The first-order valence-corrected chi connectivity index (χ1v) is 8.76. The molecule has 2 aromatic carbocycles. The van der Waals surface area contributed by atoms with Crippen LogP contribution in [0.15, 0.2) is 61.1 Å². The van der Waals surface area contributed by atoms with E-state index in [0.717, 1.165) is 29.3 Å². The normalized spacial score (nSPS) is 15.0. The van der Waals surface area contributed by atoms with Gasteiger partial charge in [-0.15, -0.1) is 0 Å². The zero-order chi connectivity index (χ0) is 17.8. The fourth-order valence-corrected chi connectivity index (χ4v) is 3.22. The number of anilines is 1. The molecule has 1 N–H and O–H groups in total. The molecule has 132 valence electrons. The van der Waals surface area contributed by atoms with Crippen molar-refractivity contribution < 1.29 is 9.53 Å². The Morgan fingerprint density at radius 3 is 2.69 bits per heavy atom. The molecular weight excluding hydrogens is 328 g/mol. The molecule has 0 radical (unpaired) electrons. The highest BCUT2D eigenvalue weighted by Gasteiger charge is 2.24. The van der Waals surface area contributed by atoms with Gasteiger partial charge in [0.25, 0.3) is 0 Å². The number of rotatable bonds is 3. The van der Waals surface area contributed by atoms with Crippen LogP contribution in [0.2, 0.25) is 0 Å². The van der Waals surface area contributed by atoms with Gasteiger partial charge in [0.2, 0.25) is 5.88 Å². The number of urea groups is 1. The average Bonchev–Trinajstić information content (AvgIpc) is 2.70. The molecule has 1 aliphatic rings. The molecule has 0 unspecified atom stereocenters. The van der Waals surface area contributed by atoms with Gasteiger partial charge >= 0.3 is 6.03 Å². The molecule has 0 saturated carbocycles. The number of fused-ring (bicyclic) bond motifs is 1. The Bertz CT molecular complexity index is 887. The summed E-state index contributed by atoms with van der Waals surface area (Å²) in [6, 6.07) is 15.7. The third-order valence-electron chi connectivity index (χ3n) is 4.60. The van der Waals surface area contributed by atoms with Gasteiger partial charge in [-0.2, -0.15) is 0 Å². The third-order valence-corrected chi connectivity index (χ3v) is 4.60. The number of piperidine rings is 1. The lowest BCUT2D eigenvalue weighted by Gasteiger charge is -2.32. The number of hydrogen-bond acceptors (Lipinski definition) is 4. The lowest BCUT2D eigenvalue weighted by molar-refractivity contribution is 0.111. The molecule has 2 heterocycles. The Hall–Kier alpha value is -3.15. The first kappa shape index (κ1) is 16.3. The minimum Gasteiger partial charge on any atom is -0.474 e. The van der Waals surface area contributed by atoms with E-state index in [1.165, 1.54) is 6.33 Å². The molecule has 4 rings (SSSR count). The number of amides is 2. The van der Waals surface area contributed by atoms with E-state index in [9.17, 15) is 4.79 Å². The quantitative estimate of drug-likeness (QED) is 0.783. The monoisotopic (exact) mass is 348 g/mol. The van der Waals surface area contributed by atoms with Crippen LogP contribution >= 0.6 is 0 Å².